The van der Waals surface area contributed by atoms with Crippen molar-refractivity contribution in [3.63, 3.8) is 0 Å². The summed E-state index contributed by atoms with van der Waals surface area (Å²) in [6, 6.07) is 1.94. The molecule has 0 aromatic heterocycles. The molecule has 1 unspecified atom stereocenters. The molecule has 0 spiro atoms. The van der Waals surface area contributed by atoms with Crippen LogP contribution in [0.25, 0.3) is 0 Å². The first-order chi connectivity index (χ1) is 13.4. The Morgan fingerprint density at radius 2 is 2.04 bits per heavy atom. The third-order valence-corrected chi connectivity index (χ3v) is 6.12. The summed E-state index contributed by atoms with van der Waals surface area (Å²) in [5, 5.41) is 2.27. The zero-order valence-electron chi connectivity index (χ0n) is 15.8. The molecule has 0 aliphatic carbocycles. The van der Waals surface area contributed by atoms with Gasteiger partial charge in [0.2, 0.25) is 11.8 Å². The van der Waals surface area contributed by atoms with Gasteiger partial charge in [-0.05, 0) is 42.7 Å². The molecule has 1 N–H and O–H groups in total. The van der Waals surface area contributed by atoms with E-state index in [1.165, 1.54) is 28.8 Å². The number of halogens is 1. The Morgan fingerprint density at radius 3 is 2.71 bits per heavy atom. The van der Waals surface area contributed by atoms with Crippen molar-refractivity contribution in [1.29, 1.82) is 0 Å². The number of carbonyl (C=O) groups excluding carboxylic acids is 3. The maximum absolute atomic E-state index is 14.1. The average molecular weight is 410 g/mol. The van der Waals surface area contributed by atoms with Gasteiger partial charge in [-0.2, -0.15) is 0 Å². The summed E-state index contributed by atoms with van der Waals surface area (Å²) in [5.41, 5.74) is 1.02. The van der Waals surface area contributed by atoms with Crippen LogP contribution in [0.15, 0.2) is 17.0 Å². The summed E-state index contributed by atoms with van der Waals surface area (Å²) in [6.45, 7) is 0.238. The molecule has 9 heteroatoms. The highest BCUT2D eigenvalue weighted by molar-refractivity contribution is 7.99. The molecule has 2 heterocycles. The van der Waals surface area contributed by atoms with Crippen molar-refractivity contribution in [2.24, 2.45) is 0 Å². The Kier molecular flexibility index (Phi) is 6.69. The lowest BCUT2D eigenvalue weighted by atomic mass is 10.0. The van der Waals surface area contributed by atoms with E-state index in [4.69, 9.17) is 9.47 Å². The first-order valence-corrected chi connectivity index (χ1v) is 10.1. The van der Waals surface area contributed by atoms with E-state index >= 15 is 0 Å². The van der Waals surface area contributed by atoms with E-state index < -0.39 is 17.8 Å². The second-order valence-electron chi connectivity index (χ2n) is 6.72. The van der Waals surface area contributed by atoms with Crippen LogP contribution in [0.5, 0.6) is 0 Å². The Balaban J connectivity index is 1.70. The van der Waals surface area contributed by atoms with E-state index in [1.54, 1.807) is 14.2 Å². The van der Waals surface area contributed by atoms with Crippen LogP contribution in [-0.4, -0.2) is 54.9 Å². The van der Waals surface area contributed by atoms with E-state index in [0.717, 1.165) is 12.0 Å². The Hall–Kier alpha value is -1.97. The third-order valence-electron chi connectivity index (χ3n) is 4.95. The molecule has 1 saturated heterocycles. The number of hydrogen-bond donors (Lipinski definition) is 1. The fourth-order valence-corrected chi connectivity index (χ4v) is 4.56. The number of hydrogen-bond acceptors (Lipinski definition) is 6. The molecule has 1 aromatic rings. The normalized spacial score (nSPS) is 19.4. The number of piperidine rings is 1. The van der Waals surface area contributed by atoms with Gasteiger partial charge in [0.1, 0.15) is 11.9 Å². The standard InChI is InChI=1S/C19H23FN2O5S/c1-26-17(27-2)4-3-7-28-15-9-11(20)8-12-13(15)10-22(19(12)25)14-5-6-16(23)21-18(14)24/h8-9,14,17H,3-7,10H2,1-2H3,(H,21,23,24). The highest BCUT2D eigenvalue weighted by Crippen LogP contribution is 2.35. The van der Waals surface area contributed by atoms with Gasteiger partial charge in [-0.15, -0.1) is 11.8 Å². The van der Waals surface area contributed by atoms with E-state index in [-0.39, 0.29) is 37.5 Å². The van der Waals surface area contributed by atoms with Gasteiger partial charge >= 0.3 is 0 Å². The molecule has 152 valence electrons. The van der Waals surface area contributed by atoms with Crippen LogP contribution in [0.1, 0.15) is 41.6 Å². The number of thioether (sulfide) groups is 1. The minimum atomic E-state index is -0.706. The van der Waals surface area contributed by atoms with Crippen molar-refractivity contribution in [1.82, 2.24) is 10.2 Å². The first-order valence-electron chi connectivity index (χ1n) is 9.10. The lowest BCUT2D eigenvalue weighted by Crippen LogP contribution is -2.52. The molecule has 2 aliphatic heterocycles. The van der Waals surface area contributed by atoms with Crippen LogP contribution in [0, 0.1) is 5.82 Å². The van der Waals surface area contributed by atoms with Crippen LogP contribution in [0.2, 0.25) is 0 Å². The summed E-state index contributed by atoms with van der Waals surface area (Å²) < 4.78 is 24.4. The van der Waals surface area contributed by atoms with Crippen LogP contribution in [-0.2, 0) is 25.6 Å². The maximum atomic E-state index is 14.1. The monoisotopic (exact) mass is 410 g/mol. The smallest absolute Gasteiger partial charge is 0.255 e. The van der Waals surface area contributed by atoms with E-state index in [9.17, 15) is 18.8 Å². The van der Waals surface area contributed by atoms with E-state index in [2.05, 4.69) is 5.32 Å². The zero-order valence-corrected chi connectivity index (χ0v) is 16.6. The SMILES string of the molecule is COC(CCCSc1cc(F)cc2c1CN(C1CCC(=O)NC1=O)C2=O)OC. The second kappa shape index (κ2) is 9.02. The van der Waals surface area contributed by atoms with Crippen LogP contribution in [0.4, 0.5) is 4.39 Å². The lowest BCUT2D eigenvalue weighted by molar-refractivity contribution is -0.136. The van der Waals surface area contributed by atoms with Gasteiger partial charge in [-0.1, -0.05) is 0 Å². The number of imide groups is 1. The van der Waals surface area contributed by atoms with Crippen LogP contribution < -0.4 is 5.32 Å². The summed E-state index contributed by atoms with van der Waals surface area (Å²) >= 11 is 1.47. The quantitative estimate of drug-likeness (QED) is 0.306. The highest BCUT2D eigenvalue weighted by atomic mass is 32.2. The summed E-state index contributed by atoms with van der Waals surface area (Å²) in [6.07, 6.45) is 1.70. The molecule has 1 aromatic carbocycles. The molecule has 0 radical (unpaired) electrons. The number of fused-ring (bicyclic) bond motifs is 1. The first kappa shape index (κ1) is 20.8. The number of benzene rings is 1. The minimum Gasteiger partial charge on any atom is -0.356 e. The fourth-order valence-electron chi connectivity index (χ4n) is 3.49. The number of methoxy groups -OCH3 is 2. The third kappa shape index (κ3) is 4.37. The van der Waals surface area contributed by atoms with Gasteiger partial charge in [-0.3, -0.25) is 19.7 Å². The fraction of sp³-hybridized carbons (Fsp3) is 0.526. The molecule has 7 nitrogen and oxygen atoms in total. The zero-order chi connectivity index (χ0) is 20.3. The number of ether oxygens (including phenoxy) is 2. The molecule has 0 bridgehead atoms. The van der Waals surface area contributed by atoms with Gasteiger partial charge in [-0.25, -0.2) is 4.39 Å². The number of rotatable bonds is 8. The topological polar surface area (TPSA) is 84.9 Å². The molecule has 0 saturated carbocycles. The lowest BCUT2D eigenvalue weighted by Gasteiger charge is -2.29. The number of nitrogens with zero attached hydrogens (tertiary/aromatic N) is 1. The van der Waals surface area contributed by atoms with Crippen molar-refractivity contribution in [2.75, 3.05) is 20.0 Å². The van der Waals surface area contributed by atoms with Crippen molar-refractivity contribution in [3.05, 3.63) is 29.1 Å². The number of amides is 3. The Bertz CT molecular complexity index is 784. The Morgan fingerprint density at radius 1 is 1.29 bits per heavy atom. The summed E-state index contributed by atoms with van der Waals surface area (Å²) in [7, 11) is 3.16. The molecular formula is C19H23FN2O5S. The second-order valence-corrected chi connectivity index (χ2v) is 7.86. The van der Waals surface area contributed by atoms with Gasteiger partial charge in [0.15, 0.2) is 6.29 Å². The average Bonchev–Trinajstić information content (AvgIpc) is 2.98. The molecule has 28 heavy (non-hydrogen) atoms. The molecular weight excluding hydrogens is 387 g/mol. The van der Waals surface area contributed by atoms with Gasteiger partial charge in [0.25, 0.3) is 5.91 Å². The van der Waals surface area contributed by atoms with Crippen LogP contribution >= 0.6 is 11.8 Å². The highest BCUT2D eigenvalue weighted by Gasteiger charge is 2.40. The maximum Gasteiger partial charge on any atom is 0.255 e. The molecule has 1 atom stereocenters. The molecule has 3 amide bonds. The molecule has 2 aliphatic rings. The number of nitrogens with one attached hydrogen (secondary N) is 1. The minimum absolute atomic E-state index is 0.187. The predicted octanol–water partition coefficient (Wildman–Crippen LogP) is 2.08. The van der Waals surface area contributed by atoms with E-state index in [1.807, 2.05) is 0 Å². The van der Waals surface area contributed by atoms with Gasteiger partial charge < -0.3 is 14.4 Å². The summed E-state index contributed by atoms with van der Waals surface area (Å²) in [5.74, 6) is -0.947. The largest absolute Gasteiger partial charge is 0.356 e. The number of carbonyl (C=O) groups is 3. The van der Waals surface area contributed by atoms with Crippen molar-refractivity contribution >= 4 is 29.5 Å². The van der Waals surface area contributed by atoms with E-state index in [0.29, 0.717) is 22.6 Å². The van der Waals surface area contributed by atoms with Crippen molar-refractivity contribution < 1.29 is 28.2 Å². The van der Waals surface area contributed by atoms with Crippen molar-refractivity contribution in [2.45, 2.75) is 49.5 Å². The molecule has 1 fully saturated rings. The van der Waals surface area contributed by atoms with Gasteiger partial charge in [0, 0.05) is 37.6 Å². The van der Waals surface area contributed by atoms with Gasteiger partial charge in [0.05, 0.1) is 0 Å². The Labute approximate surface area is 166 Å². The summed E-state index contributed by atoms with van der Waals surface area (Å²) in [4.78, 5) is 38.4. The predicted molar refractivity (Wildman–Crippen MR) is 100 cm³/mol. The van der Waals surface area contributed by atoms with Crippen LogP contribution in [0.3, 0.4) is 0 Å². The molecule has 3 rings (SSSR count). The van der Waals surface area contributed by atoms with Crippen molar-refractivity contribution in [3.8, 4) is 0 Å².